The quantitative estimate of drug-likeness (QED) is 0.662. The molecule has 0 aromatic carbocycles. The van der Waals surface area contributed by atoms with Crippen LogP contribution >= 0.6 is 0 Å². The van der Waals surface area contributed by atoms with Gasteiger partial charge in [0.05, 0.1) is 0 Å². The van der Waals surface area contributed by atoms with Gasteiger partial charge in [0.1, 0.15) is 5.54 Å². The maximum Gasteiger partial charge on any atom is 0.323 e. The number of hydrogen-bond acceptors (Lipinski definition) is 2. The van der Waals surface area contributed by atoms with E-state index in [2.05, 4.69) is 6.92 Å². The van der Waals surface area contributed by atoms with Crippen LogP contribution in [0.4, 0.5) is 0 Å². The molecule has 0 radical (unpaired) electrons. The van der Waals surface area contributed by atoms with Crippen LogP contribution in [0.2, 0.25) is 0 Å². The Labute approximate surface area is 79.3 Å². The van der Waals surface area contributed by atoms with Crippen LogP contribution < -0.4 is 5.73 Å². The first kappa shape index (κ1) is 10.5. The molecule has 1 aliphatic rings. The maximum absolute atomic E-state index is 11.0. The molecular weight excluding hydrogens is 166 g/mol. The summed E-state index contributed by atoms with van der Waals surface area (Å²) < 4.78 is 0. The Morgan fingerprint density at radius 2 is 2.23 bits per heavy atom. The largest absolute Gasteiger partial charge is 0.480 e. The van der Waals surface area contributed by atoms with E-state index < -0.39 is 11.5 Å². The van der Waals surface area contributed by atoms with Gasteiger partial charge in [0.25, 0.3) is 0 Å². The second-order valence-electron chi connectivity index (χ2n) is 4.21. The average molecular weight is 185 g/mol. The molecule has 1 saturated carbocycles. The molecule has 0 aliphatic heterocycles. The van der Waals surface area contributed by atoms with Crippen molar-refractivity contribution in [1.29, 1.82) is 0 Å². The monoisotopic (exact) mass is 185 g/mol. The number of carboxylic acids is 1. The lowest BCUT2D eigenvalue weighted by atomic mass is 9.88. The molecule has 0 aromatic heterocycles. The zero-order valence-electron chi connectivity index (χ0n) is 8.25. The zero-order valence-corrected chi connectivity index (χ0v) is 8.25. The molecule has 13 heavy (non-hydrogen) atoms. The Kier molecular flexibility index (Phi) is 3.31. The van der Waals surface area contributed by atoms with E-state index in [0.717, 1.165) is 12.8 Å². The van der Waals surface area contributed by atoms with Gasteiger partial charge in [0.15, 0.2) is 0 Å². The summed E-state index contributed by atoms with van der Waals surface area (Å²) >= 11 is 0. The lowest BCUT2D eigenvalue weighted by Crippen LogP contribution is -2.48. The van der Waals surface area contributed by atoms with E-state index in [9.17, 15) is 4.79 Å². The first-order valence-corrected chi connectivity index (χ1v) is 5.11. The Morgan fingerprint density at radius 1 is 1.62 bits per heavy atom. The lowest BCUT2D eigenvalue weighted by Gasteiger charge is -2.24. The molecule has 0 saturated heterocycles. The van der Waals surface area contributed by atoms with Gasteiger partial charge in [-0.3, -0.25) is 4.79 Å². The topological polar surface area (TPSA) is 63.3 Å². The summed E-state index contributed by atoms with van der Waals surface area (Å²) in [4.78, 5) is 11.0. The average Bonchev–Trinajstić information content (AvgIpc) is 2.84. The molecule has 0 amide bonds. The minimum absolute atomic E-state index is 0.581. The Hall–Kier alpha value is -0.570. The molecule has 0 spiro atoms. The smallest absolute Gasteiger partial charge is 0.323 e. The summed E-state index contributed by atoms with van der Waals surface area (Å²) in [5.74, 6) is -0.245. The van der Waals surface area contributed by atoms with Gasteiger partial charge in [0, 0.05) is 0 Å². The molecule has 0 heterocycles. The highest BCUT2D eigenvalue weighted by Crippen LogP contribution is 2.37. The molecule has 76 valence electrons. The van der Waals surface area contributed by atoms with Crippen LogP contribution in [0.5, 0.6) is 0 Å². The number of aliphatic carboxylic acids is 1. The number of hydrogen-bond donors (Lipinski definition) is 2. The second kappa shape index (κ2) is 4.09. The van der Waals surface area contributed by atoms with Crippen molar-refractivity contribution in [3.63, 3.8) is 0 Å². The summed E-state index contributed by atoms with van der Waals surface area (Å²) in [6, 6.07) is 0. The normalized spacial score (nSPS) is 21.1. The summed E-state index contributed by atoms with van der Waals surface area (Å²) in [5, 5.41) is 9.01. The lowest BCUT2D eigenvalue weighted by molar-refractivity contribution is -0.144. The van der Waals surface area contributed by atoms with Crippen LogP contribution in [-0.2, 0) is 4.79 Å². The van der Waals surface area contributed by atoms with Crippen LogP contribution in [-0.4, -0.2) is 16.6 Å². The first-order valence-electron chi connectivity index (χ1n) is 5.11. The summed E-state index contributed by atoms with van der Waals surface area (Å²) in [6.07, 6.45) is 5.54. The van der Waals surface area contributed by atoms with E-state index in [1.807, 2.05) is 0 Å². The predicted octanol–water partition coefficient (Wildman–Crippen LogP) is 1.76. The van der Waals surface area contributed by atoms with Crippen molar-refractivity contribution in [2.75, 3.05) is 0 Å². The number of nitrogens with two attached hydrogens (primary N) is 1. The van der Waals surface area contributed by atoms with E-state index in [1.54, 1.807) is 0 Å². The molecule has 1 rings (SSSR count). The van der Waals surface area contributed by atoms with Crippen molar-refractivity contribution in [2.24, 2.45) is 11.7 Å². The minimum Gasteiger partial charge on any atom is -0.480 e. The fourth-order valence-electron chi connectivity index (χ4n) is 1.63. The molecule has 1 atom stereocenters. The van der Waals surface area contributed by atoms with Gasteiger partial charge in [-0.15, -0.1) is 0 Å². The molecule has 3 nitrogen and oxygen atoms in total. The third-order valence-electron chi connectivity index (χ3n) is 2.75. The number of unbranched alkanes of at least 4 members (excludes halogenated alkanes) is 1. The van der Waals surface area contributed by atoms with E-state index in [1.165, 1.54) is 12.8 Å². The van der Waals surface area contributed by atoms with E-state index in [-0.39, 0.29) is 0 Å². The minimum atomic E-state index is -0.947. The van der Waals surface area contributed by atoms with E-state index in [4.69, 9.17) is 10.8 Å². The van der Waals surface area contributed by atoms with Crippen LogP contribution in [0.3, 0.4) is 0 Å². The summed E-state index contributed by atoms with van der Waals surface area (Å²) in [6.45, 7) is 2.05. The second-order valence-corrected chi connectivity index (χ2v) is 4.21. The van der Waals surface area contributed by atoms with Crippen molar-refractivity contribution in [1.82, 2.24) is 0 Å². The highest BCUT2D eigenvalue weighted by molar-refractivity contribution is 5.78. The summed E-state index contributed by atoms with van der Waals surface area (Å²) in [7, 11) is 0. The van der Waals surface area contributed by atoms with E-state index in [0.29, 0.717) is 18.8 Å². The van der Waals surface area contributed by atoms with Gasteiger partial charge in [-0.05, 0) is 18.8 Å². The third-order valence-corrected chi connectivity index (χ3v) is 2.75. The van der Waals surface area contributed by atoms with Crippen molar-refractivity contribution in [3.8, 4) is 0 Å². The van der Waals surface area contributed by atoms with Crippen molar-refractivity contribution in [2.45, 2.75) is 51.0 Å². The number of rotatable bonds is 6. The van der Waals surface area contributed by atoms with Gasteiger partial charge < -0.3 is 10.8 Å². The molecule has 1 fully saturated rings. The van der Waals surface area contributed by atoms with E-state index >= 15 is 0 Å². The van der Waals surface area contributed by atoms with Gasteiger partial charge in [0.2, 0.25) is 0 Å². The molecule has 0 bridgehead atoms. The number of carbonyl (C=O) groups is 1. The molecule has 3 N–H and O–H groups in total. The maximum atomic E-state index is 11.0. The van der Waals surface area contributed by atoms with Crippen LogP contribution in [0.25, 0.3) is 0 Å². The van der Waals surface area contributed by atoms with Crippen LogP contribution in [0.1, 0.15) is 45.4 Å². The van der Waals surface area contributed by atoms with Crippen LogP contribution in [0, 0.1) is 5.92 Å². The van der Waals surface area contributed by atoms with Crippen molar-refractivity contribution >= 4 is 5.97 Å². The van der Waals surface area contributed by atoms with Gasteiger partial charge >= 0.3 is 5.97 Å². The highest BCUT2D eigenvalue weighted by atomic mass is 16.4. The molecule has 1 aliphatic carbocycles. The molecule has 0 aromatic rings. The zero-order chi connectivity index (χ0) is 9.90. The molecule has 0 unspecified atom stereocenters. The Balaban J connectivity index is 2.45. The van der Waals surface area contributed by atoms with Gasteiger partial charge in [-0.25, -0.2) is 0 Å². The standard InChI is InChI=1S/C10H19NO2/c1-2-3-6-10(11,9(12)13)7-8-4-5-8/h8H,2-7,11H2,1H3,(H,12,13)/t10-/m0/s1. The Bertz CT molecular complexity index is 189. The number of carboxylic acid groups (broad SMARTS) is 1. The predicted molar refractivity (Wildman–Crippen MR) is 51.4 cm³/mol. The fourth-order valence-corrected chi connectivity index (χ4v) is 1.63. The molecular formula is C10H19NO2. The van der Waals surface area contributed by atoms with Crippen molar-refractivity contribution < 1.29 is 9.90 Å². The van der Waals surface area contributed by atoms with Gasteiger partial charge in [-0.2, -0.15) is 0 Å². The van der Waals surface area contributed by atoms with Crippen LogP contribution in [0.15, 0.2) is 0 Å². The third kappa shape index (κ3) is 2.99. The molecule has 3 heteroatoms. The Morgan fingerprint density at radius 3 is 2.62 bits per heavy atom. The van der Waals surface area contributed by atoms with Gasteiger partial charge in [-0.1, -0.05) is 32.6 Å². The van der Waals surface area contributed by atoms with Crippen molar-refractivity contribution in [3.05, 3.63) is 0 Å². The summed E-state index contributed by atoms with van der Waals surface area (Å²) in [5.41, 5.74) is 4.92. The first-order chi connectivity index (χ1) is 6.08. The highest BCUT2D eigenvalue weighted by Gasteiger charge is 2.39. The SMILES string of the molecule is CCCC[C@](N)(CC1CC1)C(=O)O. The fraction of sp³-hybridized carbons (Fsp3) is 0.900.